The second-order valence-corrected chi connectivity index (χ2v) is 11.5. The van der Waals surface area contributed by atoms with Crippen LogP contribution in [0.25, 0.3) is 0 Å². The number of benzene rings is 2. The lowest BCUT2D eigenvalue weighted by Crippen LogP contribution is -2.35. The summed E-state index contributed by atoms with van der Waals surface area (Å²) in [6.45, 7) is 6.71. The van der Waals surface area contributed by atoms with Crippen LogP contribution in [0.15, 0.2) is 54.7 Å². The monoisotopic (exact) mass is 583 g/mol. The Balaban J connectivity index is 1.45. The third-order valence-corrected chi connectivity index (χ3v) is 7.19. The molecular weight excluding hydrogens is 547 g/mol. The average Bonchev–Trinajstić information content (AvgIpc) is 3.42. The van der Waals surface area contributed by atoms with E-state index in [-0.39, 0.29) is 43.4 Å². The van der Waals surface area contributed by atoms with Gasteiger partial charge in [-0.15, -0.1) is 0 Å². The maximum absolute atomic E-state index is 13.8. The van der Waals surface area contributed by atoms with Gasteiger partial charge in [-0.3, -0.25) is 4.79 Å². The highest BCUT2D eigenvalue weighted by Gasteiger charge is 2.35. The summed E-state index contributed by atoms with van der Waals surface area (Å²) in [5, 5.41) is 0. The van der Waals surface area contributed by atoms with Gasteiger partial charge in [-0.1, -0.05) is 48.5 Å². The lowest BCUT2D eigenvalue weighted by molar-refractivity contribution is -0.140. The Morgan fingerprint density at radius 1 is 1.00 bits per heavy atom. The Morgan fingerprint density at radius 2 is 1.69 bits per heavy atom. The Bertz CT molecular complexity index is 1400. The summed E-state index contributed by atoms with van der Waals surface area (Å²) in [5.74, 6) is 0.0650. The van der Waals surface area contributed by atoms with Gasteiger partial charge in [-0.25, -0.2) is 14.8 Å². The van der Waals surface area contributed by atoms with Crippen molar-refractivity contribution in [3.63, 3.8) is 0 Å². The molecule has 1 unspecified atom stereocenters. The van der Waals surface area contributed by atoms with E-state index in [1.165, 1.54) is 7.11 Å². The molecule has 0 spiro atoms. The molecular formula is C32H36F3N3O4. The van der Waals surface area contributed by atoms with Gasteiger partial charge in [0, 0.05) is 31.6 Å². The van der Waals surface area contributed by atoms with Gasteiger partial charge in [0.2, 0.25) is 0 Å². The van der Waals surface area contributed by atoms with E-state index < -0.39 is 23.3 Å². The minimum Gasteiger partial charge on any atom is -0.469 e. The van der Waals surface area contributed by atoms with Gasteiger partial charge < -0.3 is 14.4 Å². The number of rotatable bonds is 8. The van der Waals surface area contributed by atoms with Crippen molar-refractivity contribution >= 4 is 12.1 Å². The Morgan fingerprint density at radius 3 is 2.33 bits per heavy atom. The number of halogens is 3. The number of carbonyl (C=O) groups is 2. The zero-order chi connectivity index (χ0) is 30.5. The number of alkyl halides is 3. The molecule has 42 heavy (non-hydrogen) atoms. The standard InChI is InChI=1S/C32H36F3N3O4/c1-31(2,3)42-30(40)38-16-15-25(20-38)23-11-9-21(10-12-23)17-28-36-19-26(32(33,34)35)27(37-28)14-13-22-7-5-6-8-24(22)18-29(39)41-4/h5-12,19,25H,13-18,20H2,1-4H3. The fourth-order valence-electron chi connectivity index (χ4n) is 5.04. The highest BCUT2D eigenvalue weighted by atomic mass is 19.4. The predicted molar refractivity (Wildman–Crippen MR) is 151 cm³/mol. The number of methoxy groups -OCH3 is 1. The molecule has 1 aliphatic rings. The molecule has 1 atom stereocenters. The lowest BCUT2D eigenvalue weighted by Gasteiger charge is -2.24. The van der Waals surface area contributed by atoms with Crippen molar-refractivity contribution in [2.24, 2.45) is 0 Å². The Labute approximate surface area is 244 Å². The van der Waals surface area contributed by atoms with Gasteiger partial charge in [0.1, 0.15) is 11.4 Å². The normalized spacial score (nSPS) is 15.5. The summed E-state index contributed by atoms with van der Waals surface area (Å²) in [6.07, 6.45) is -2.58. The third-order valence-electron chi connectivity index (χ3n) is 7.19. The maximum atomic E-state index is 13.8. The first-order valence-corrected chi connectivity index (χ1v) is 13.9. The van der Waals surface area contributed by atoms with Crippen LogP contribution in [-0.2, 0) is 46.1 Å². The average molecular weight is 584 g/mol. The van der Waals surface area contributed by atoms with Crippen LogP contribution in [0, 0.1) is 0 Å². The highest BCUT2D eigenvalue weighted by Crippen LogP contribution is 2.32. The molecule has 1 aromatic heterocycles. The number of amides is 1. The molecule has 1 fully saturated rings. The van der Waals surface area contributed by atoms with E-state index in [1.807, 2.05) is 45.0 Å². The van der Waals surface area contributed by atoms with Gasteiger partial charge >= 0.3 is 18.2 Å². The van der Waals surface area contributed by atoms with Crippen LogP contribution >= 0.6 is 0 Å². The summed E-state index contributed by atoms with van der Waals surface area (Å²) in [4.78, 5) is 34.3. The quantitative estimate of drug-likeness (QED) is 0.289. The van der Waals surface area contributed by atoms with Gasteiger partial charge in [0.05, 0.1) is 24.8 Å². The van der Waals surface area contributed by atoms with Crippen molar-refractivity contribution in [1.82, 2.24) is 14.9 Å². The molecule has 2 heterocycles. The van der Waals surface area contributed by atoms with Crippen LogP contribution in [0.2, 0.25) is 0 Å². The van der Waals surface area contributed by atoms with Crippen LogP contribution in [0.4, 0.5) is 18.0 Å². The van der Waals surface area contributed by atoms with E-state index in [2.05, 4.69) is 9.97 Å². The lowest BCUT2D eigenvalue weighted by atomic mass is 9.96. The zero-order valence-electron chi connectivity index (χ0n) is 24.3. The van der Waals surface area contributed by atoms with Crippen molar-refractivity contribution < 1.29 is 32.2 Å². The summed E-state index contributed by atoms with van der Waals surface area (Å²) >= 11 is 0. The fourth-order valence-corrected chi connectivity index (χ4v) is 5.04. The predicted octanol–water partition coefficient (Wildman–Crippen LogP) is 6.31. The van der Waals surface area contributed by atoms with Crippen LogP contribution in [0.5, 0.6) is 0 Å². The Kier molecular flexibility index (Phi) is 9.53. The van der Waals surface area contributed by atoms with Crippen LogP contribution in [-0.4, -0.2) is 52.7 Å². The summed E-state index contributed by atoms with van der Waals surface area (Å²) in [5.41, 5.74) is 1.95. The van der Waals surface area contributed by atoms with Crippen LogP contribution in [0.3, 0.4) is 0 Å². The molecule has 0 aliphatic carbocycles. The minimum atomic E-state index is -4.59. The third kappa shape index (κ3) is 8.30. The summed E-state index contributed by atoms with van der Waals surface area (Å²) in [7, 11) is 1.30. The van der Waals surface area contributed by atoms with E-state index in [4.69, 9.17) is 9.47 Å². The number of carbonyl (C=O) groups excluding carboxylic acids is 2. The van der Waals surface area contributed by atoms with Gasteiger partial charge in [0.15, 0.2) is 0 Å². The molecule has 0 saturated carbocycles. The van der Waals surface area contributed by atoms with Crippen LogP contribution < -0.4 is 0 Å². The van der Waals surface area contributed by atoms with E-state index in [9.17, 15) is 22.8 Å². The topological polar surface area (TPSA) is 81.6 Å². The molecule has 224 valence electrons. The van der Waals surface area contributed by atoms with Gasteiger partial charge in [0.25, 0.3) is 0 Å². The molecule has 1 amide bonds. The first-order chi connectivity index (χ1) is 19.8. The molecule has 0 radical (unpaired) electrons. The number of ether oxygens (including phenoxy) is 2. The van der Waals surface area contributed by atoms with Crippen molar-refractivity contribution in [2.45, 2.75) is 70.6 Å². The molecule has 0 N–H and O–H groups in total. The molecule has 7 nitrogen and oxygen atoms in total. The number of aryl methyl sites for hydroxylation is 2. The second kappa shape index (κ2) is 12.9. The number of likely N-dealkylation sites (tertiary alicyclic amines) is 1. The van der Waals surface area contributed by atoms with E-state index >= 15 is 0 Å². The molecule has 2 aromatic carbocycles. The smallest absolute Gasteiger partial charge is 0.419 e. The van der Waals surface area contributed by atoms with Crippen molar-refractivity contribution in [3.8, 4) is 0 Å². The molecule has 0 bridgehead atoms. The summed E-state index contributed by atoms with van der Waals surface area (Å²) in [6, 6.07) is 15.0. The second-order valence-electron chi connectivity index (χ2n) is 11.5. The van der Waals surface area contributed by atoms with Crippen molar-refractivity contribution in [1.29, 1.82) is 0 Å². The van der Waals surface area contributed by atoms with E-state index in [0.29, 0.717) is 24.5 Å². The number of aromatic nitrogens is 2. The van der Waals surface area contributed by atoms with E-state index in [0.717, 1.165) is 29.3 Å². The zero-order valence-corrected chi connectivity index (χ0v) is 24.3. The SMILES string of the molecule is COC(=O)Cc1ccccc1CCc1nc(Cc2ccc(C3CCN(C(=O)OC(C)(C)C)C3)cc2)ncc1C(F)(F)F. The largest absolute Gasteiger partial charge is 0.469 e. The molecule has 4 rings (SSSR count). The van der Waals surface area contributed by atoms with Crippen LogP contribution in [0.1, 0.15) is 72.4 Å². The number of hydrogen-bond acceptors (Lipinski definition) is 6. The molecule has 10 heteroatoms. The maximum Gasteiger partial charge on any atom is 0.419 e. The highest BCUT2D eigenvalue weighted by molar-refractivity contribution is 5.72. The number of nitrogens with zero attached hydrogens (tertiary/aromatic N) is 3. The molecule has 3 aromatic rings. The first-order valence-electron chi connectivity index (χ1n) is 13.9. The Hall–Kier alpha value is -3.95. The minimum absolute atomic E-state index is 0.0390. The fraction of sp³-hybridized carbons (Fsp3) is 0.438. The van der Waals surface area contributed by atoms with Gasteiger partial charge in [-0.05, 0) is 62.3 Å². The van der Waals surface area contributed by atoms with Gasteiger partial charge in [-0.2, -0.15) is 13.2 Å². The summed E-state index contributed by atoms with van der Waals surface area (Å²) < 4.78 is 51.6. The molecule has 1 saturated heterocycles. The molecule has 1 aliphatic heterocycles. The van der Waals surface area contributed by atoms with Crippen molar-refractivity contribution in [3.05, 3.63) is 94.1 Å². The van der Waals surface area contributed by atoms with Crippen molar-refractivity contribution in [2.75, 3.05) is 20.2 Å². The van der Waals surface area contributed by atoms with E-state index in [1.54, 1.807) is 29.2 Å². The number of hydrogen-bond donors (Lipinski definition) is 0. The first kappa shape index (κ1) is 31.0. The number of esters is 1.